The van der Waals surface area contributed by atoms with Gasteiger partial charge in [-0.3, -0.25) is 6.08 Å². The maximum Gasteiger partial charge on any atom is 0.148 e. The summed E-state index contributed by atoms with van der Waals surface area (Å²) in [5, 5.41) is 30.4. The van der Waals surface area contributed by atoms with Crippen LogP contribution in [-0.4, -0.2) is 33.0 Å². The van der Waals surface area contributed by atoms with Crippen molar-refractivity contribution in [3.63, 3.8) is 0 Å². The fourth-order valence-electron chi connectivity index (χ4n) is 2.55. The Balaban J connectivity index is 0. The predicted octanol–water partition coefficient (Wildman–Crippen LogP) is 1.93. The molecule has 0 saturated heterocycles. The summed E-state index contributed by atoms with van der Waals surface area (Å²) < 4.78 is 0. The Labute approximate surface area is 170 Å². The van der Waals surface area contributed by atoms with E-state index in [4.69, 9.17) is 20.4 Å². The van der Waals surface area contributed by atoms with Crippen LogP contribution in [0, 0.1) is 29.7 Å². The first-order valence-corrected chi connectivity index (χ1v) is 7.73. The van der Waals surface area contributed by atoms with Crippen LogP contribution in [0.1, 0.15) is 26.7 Å². The largest absolute Gasteiger partial charge is 0.493 e. The minimum absolute atomic E-state index is 0. The SMILES string of the molecule is C1=CC2C=CC1C2.CC(O)O.CC(O)O.[C-]1=CC2C=CC1C2.[Rh].[Rh]. The summed E-state index contributed by atoms with van der Waals surface area (Å²) in [6.45, 7) is 2.56. The van der Waals surface area contributed by atoms with E-state index < -0.39 is 12.6 Å². The van der Waals surface area contributed by atoms with Gasteiger partial charge in [0.05, 0.1) is 0 Å². The Morgan fingerprint density at radius 3 is 1.17 bits per heavy atom. The molecular weight excluding hydrogens is 486 g/mol. The number of rotatable bonds is 0. The molecule has 4 bridgehead atoms. The van der Waals surface area contributed by atoms with Crippen LogP contribution in [0.4, 0.5) is 0 Å². The Hall–Kier alpha value is 0.0468. The second kappa shape index (κ2) is 14.2. The molecule has 2 unspecified atom stereocenters. The van der Waals surface area contributed by atoms with E-state index in [0.29, 0.717) is 5.92 Å². The molecule has 142 valence electrons. The molecule has 0 saturated carbocycles. The van der Waals surface area contributed by atoms with E-state index in [9.17, 15) is 0 Å². The Kier molecular flexibility index (Phi) is 15.6. The van der Waals surface area contributed by atoms with Gasteiger partial charge in [-0.25, -0.2) is 0 Å². The van der Waals surface area contributed by atoms with Gasteiger partial charge < -0.3 is 26.5 Å². The standard InChI is InChI=1S/C7H8.C7H7.2C2H6O2.2Rh/c2*1-2-7-4-3-6(1)5-7;2*1-2(3)4;;/h1-4,6-7H,5H2;1-3,6-7H,5H2;2*2-4H,1H3;;/q;-1;;;;. The second-order valence-electron chi connectivity index (χ2n) is 5.82. The number of fused-ring (bicyclic) bond motifs is 4. The molecule has 2 atom stereocenters. The quantitative estimate of drug-likeness (QED) is 0.173. The summed E-state index contributed by atoms with van der Waals surface area (Å²) >= 11 is 0. The van der Waals surface area contributed by atoms with Gasteiger partial charge in [0, 0.05) is 39.0 Å². The molecule has 0 aromatic carbocycles. The minimum atomic E-state index is -1.17. The predicted molar refractivity (Wildman–Crippen MR) is 86.2 cm³/mol. The number of allylic oxidation sites excluding steroid dienone is 8. The summed E-state index contributed by atoms with van der Waals surface area (Å²) in [5.74, 6) is 3.06. The van der Waals surface area contributed by atoms with E-state index in [2.05, 4.69) is 48.6 Å². The first kappa shape index (κ1) is 26.3. The van der Waals surface area contributed by atoms with Crippen LogP contribution in [0.3, 0.4) is 0 Å². The molecule has 0 fully saturated rings. The maximum absolute atomic E-state index is 7.61. The van der Waals surface area contributed by atoms with E-state index in [0.717, 1.165) is 17.8 Å². The van der Waals surface area contributed by atoms with Crippen molar-refractivity contribution in [1.82, 2.24) is 0 Å². The van der Waals surface area contributed by atoms with Crippen LogP contribution in [0.5, 0.6) is 0 Å². The Bertz CT molecular complexity index is 329. The van der Waals surface area contributed by atoms with E-state index >= 15 is 0 Å². The van der Waals surface area contributed by atoms with Gasteiger partial charge in [0.2, 0.25) is 0 Å². The summed E-state index contributed by atoms with van der Waals surface area (Å²) in [6.07, 6.45) is 19.4. The third-order valence-electron chi connectivity index (χ3n) is 3.40. The van der Waals surface area contributed by atoms with Crippen LogP contribution in [0.25, 0.3) is 0 Å². The molecule has 2 radical (unpaired) electrons. The van der Waals surface area contributed by atoms with E-state index in [-0.39, 0.29) is 39.0 Å². The molecular formula is C18H27O4Rh2-. The molecule has 4 aliphatic carbocycles. The van der Waals surface area contributed by atoms with Crippen molar-refractivity contribution in [3.8, 4) is 0 Å². The molecule has 24 heavy (non-hydrogen) atoms. The van der Waals surface area contributed by atoms with E-state index in [1.165, 1.54) is 26.7 Å². The number of aliphatic hydroxyl groups is 4. The Morgan fingerprint density at radius 2 is 1.08 bits per heavy atom. The topological polar surface area (TPSA) is 80.9 Å². The molecule has 0 spiro atoms. The van der Waals surface area contributed by atoms with Crippen molar-refractivity contribution in [1.29, 1.82) is 0 Å². The zero-order chi connectivity index (χ0) is 16.5. The van der Waals surface area contributed by atoms with Crippen LogP contribution in [0.15, 0.2) is 42.5 Å². The normalized spacial score (nSPS) is 28.3. The van der Waals surface area contributed by atoms with Crippen molar-refractivity contribution in [2.24, 2.45) is 23.7 Å². The van der Waals surface area contributed by atoms with Gasteiger partial charge in [-0.15, -0.1) is 6.08 Å². The summed E-state index contributed by atoms with van der Waals surface area (Å²) in [5.41, 5.74) is 0. The number of aliphatic hydroxyl groups excluding tert-OH is 2. The third kappa shape index (κ3) is 12.4. The van der Waals surface area contributed by atoms with Crippen molar-refractivity contribution >= 4 is 0 Å². The van der Waals surface area contributed by atoms with Gasteiger partial charge in [-0.1, -0.05) is 36.8 Å². The average Bonchev–Trinajstić information content (AvgIpc) is 3.21. The van der Waals surface area contributed by atoms with Gasteiger partial charge in [0.15, 0.2) is 0 Å². The first-order chi connectivity index (χ1) is 10.4. The first-order valence-electron chi connectivity index (χ1n) is 7.73. The van der Waals surface area contributed by atoms with Crippen LogP contribution < -0.4 is 0 Å². The monoisotopic (exact) mass is 513 g/mol. The van der Waals surface area contributed by atoms with E-state index in [1.54, 1.807) is 0 Å². The zero-order valence-corrected chi connectivity index (χ0v) is 17.2. The van der Waals surface area contributed by atoms with Crippen molar-refractivity contribution in [3.05, 3.63) is 48.6 Å². The third-order valence-corrected chi connectivity index (χ3v) is 3.40. The van der Waals surface area contributed by atoms with Crippen molar-refractivity contribution < 1.29 is 59.4 Å². The molecule has 0 aromatic rings. The second-order valence-corrected chi connectivity index (χ2v) is 5.82. The maximum atomic E-state index is 7.61. The van der Waals surface area contributed by atoms with Gasteiger partial charge in [0.1, 0.15) is 12.6 Å². The fraction of sp³-hybridized carbons (Fsp3) is 0.556. The fourth-order valence-corrected chi connectivity index (χ4v) is 2.55. The molecule has 4 N–H and O–H groups in total. The smallest absolute Gasteiger partial charge is 0.148 e. The van der Waals surface area contributed by atoms with Crippen LogP contribution >= 0.6 is 0 Å². The molecule has 0 amide bonds. The molecule has 0 aliphatic heterocycles. The molecule has 0 heterocycles. The van der Waals surface area contributed by atoms with Gasteiger partial charge >= 0.3 is 0 Å². The average molecular weight is 513 g/mol. The summed E-state index contributed by atoms with van der Waals surface area (Å²) in [4.78, 5) is 0. The van der Waals surface area contributed by atoms with Crippen molar-refractivity contribution in [2.45, 2.75) is 39.3 Å². The molecule has 6 heteroatoms. The zero-order valence-electron chi connectivity index (χ0n) is 13.9. The van der Waals surface area contributed by atoms with Gasteiger partial charge in [0.25, 0.3) is 0 Å². The molecule has 4 rings (SSSR count). The van der Waals surface area contributed by atoms with Gasteiger partial charge in [-0.05, 0) is 38.0 Å². The summed E-state index contributed by atoms with van der Waals surface area (Å²) in [6, 6.07) is 0. The number of hydrogen-bond acceptors (Lipinski definition) is 4. The summed E-state index contributed by atoms with van der Waals surface area (Å²) in [7, 11) is 0. The Morgan fingerprint density at radius 1 is 0.708 bits per heavy atom. The minimum Gasteiger partial charge on any atom is -0.493 e. The molecule has 0 aromatic heterocycles. The number of hydrogen-bond donors (Lipinski definition) is 4. The van der Waals surface area contributed by atoms with Crippen molar-refractivity contribution in [2.75, 3.05) is 0 Å². The molecule has 4 nitrogen and oxygen atoms in total. The van der Waals surface area contributed by atoms with Crippen LogP contribution in [0.2, 0.25) is 0 Å². The molecule has 4 aliphatic rings. The van der Waals surface area contributed by atoms with E-state index in [1.807, 2.05) is 0 Å². The van der Waals surface area contributed by atoms with Gasteiger partial charge in [-0.2, -0.15) is 5.92 Å². The van der Waals surface area contributed by atoms with Crippen LogP contribution in [-0.2, 0) is 39.0 Å².